The van der Waals surface area contributed by atoms with Gasteiger partial charge in [0.15, 0.2) is 0 Å². The van der Waals surface area contributed by atoms with Gasteiger partial charge in [-0.25, -0.2) is 4.79 Å². The Bertz CT molecular complexity index is 279. The number of amides is 3. The molecule has 6 nitrogen and oxygen atoms in total. The first-order valence-corrected chi connectivity index (χ1v) is 5.81. The predicted molar refractivity (Wildman–Crippen MR) is 62.5 cm³/mol. The van der Waals surface area contributed by atoms with E-state index in [0.717, 1.165) is 19.3 Å². The number of carbonyl (C=O) groups excluding carboxylic acids is 2. The molecule has 0 aromatic carbocycles. The van der Waals surface area contributed by atoms with E-state index in [4.69, 9.17) is 5.11 Å². The van der Waals surface area contributed by atoms with E-state index in [2.05, 4.69) is 10.6 Å². The van der Waals surface area contributed by atoms with Crippen LogP contribution in [0, 0.1) is 0 Å². The standard InChI is InChI=1S/C11H20N2O4/c1-3-5-8(4-2)12-11(17)13-9(14)6-7-10(15)16/h8H,3-7H2,1-2H3,(H,15,16)(H2,12,13,14,17). The zero-order chi connectivity index (χ0) is 13.3. The second-order valence-corrected chi connectivity index (χ2v) is 3.81. The molecule has 0 fully saturated rings. The number of urea groups is 1. The molecule has 98 valence electrons. The molecule has 6 heteroatoms. The van der Waals surface area contributed by atoms with Gasteiger partial charge in [0.1, 0.15) is 0 Å². The van der Waals surface area contributed by atoms with Crippen LogP contribution in [0.5, 0.6) is 0 Å². The van der Waals surface area contributed by atoms with Gasteiger partial charge in [-0.2, -0.15) is 0 Å². The number of rotatable bonds is 7. The summed E-state index contributed by atoms with van der Waals surface area (Å²) in [4.78, 5) is 32.7. The highest BCUT2D eigenvalue weighted by molar-refractivity contribution is 5.95. The molecule has 3 N–H and O–H groups in total. The van der Waals surface area contributed by atoms with Crippen LogP contribution in [-0.2, 0) is 9.59 Å². The fourth-order valence-electron chi connectivity index (χ4n) is 1.36. The lowest BCUT2D eigenvalue weighted by atomic mass is 10.1. The summed E-state index contributed by atoms with van der Waals surface area (Å²) in [6.45, 7) is 3.97. The Hall–Kier alpha value is -1.59. The summed E-state index contributed by atoms with van der Waals surface area (Å²) in [5, 5.41) is 13.1. The zero-order valence-corrected chi connectivity index (χ0v) is 10.3. The first-order chi connectivity index (χ1) is 7.99. The molecule has 0 saturated heterocycles. The smallest absolute Gasteiger partial charge is 0.321 e. The molecule has 0 aliphatic carbocycles. The first-order valence-electron chi connectivity index (χ1n) is 5.81. The van der Waals surface area contributed by atoms with E-state index in [1.54, 1.807) is 0 Å². The zero-order valence-electron chi connectivity index (χ0n) is 10.3. The van der Waals surface area contributed by atoms with Gasteiger partial charge in [-0.05, 0) is 12.8 Å². The van der Waals surface area contributed by atoms with Gasteiger partial charge in [0, 0.05) is 12.5 Å². The Morgan fingerprint density at radius 3 is 2.29 bits per heavy atom. The van der Waals surface area contributed by atoms with Crippen molar-refractivity contribution in [2.24, 2.45) is 0 Å². The largest absolute Gasteiger partial charge is 0.481 e. The predicted octanol–water partition coefficient (Wildman–Crippen LogP) is 1.26. The van der Waals surface area contributed by atoms with Crippen molar-refractivity contribution in [3.05, 3.63) is 0 Å². The maximum Gasteiger partial charge on any atom is 0.321 e. The van der Waals surface area contributed by atoms with Gasteiger partial charge in [-0.3, -0.25) is 14.9 Å². The van der Waals surface area contributed by atoms with Gasteiger partial charge in [-0.1, -0.05) is 20.3 Å². The highest BCUT2D eigenvalue weighted by atomic mass is 16.4. The lowest BCUT2D eigenvalue weighted by Gasteiger charge is -2.15. The molecule has 0 aliphatic heterocycles. The van der Waals surface area contributed by atoms with Gasteiger partial charge < -0.3 is 10.4 Å². The number of nitrogens with one attached hydrogen (secondary N) is 2. The van der Waals surface area contributed by atoms with Gasteiger partial charge in [0.2, 0.25) is 5.91 Å². The first kappa shape index (κ1) is 15.4. The number of imide groups is 1. The average molecular weight is 244 g/mol. The molecule has 17 heavy (non-hydrogen) atoms. The second kappa shape index (κ2) is 8.55. The molecular formula is C11H20N2O4. The van der Waals surface area contributed by atoms with Crippen LogP contribution in [0.2, 0.25) is 0 Å². The third kappa shape index (κ3) is 8.24. The van der Waals surface area contributed by atoms with Crippen LogP contribution in [0.3, 0.4) is 0 Å². The molecular weight excluding hydrogens is 224 g/mol. The van der Waals surface area contributed by atoms with Crippen LogP contribution in [0.15, 0.2) is 0 Å². The van der Waals surface area contributed by atoms with Crippen molar-refractivity contribution in [3.63, 3.8) is 0 Å². The quantitative estimate of drug-likeness (QED) is 0.628. The van der Waals surface area contributed by atoms with Crippen molar-refractivity contribution >= 4 is 17.9 Å². The summed E-state index contributed by atoms with van der Waals surface area (Å²) in [7, 11) is 0. The van der Waals surface area contributed by atoms with E-state index in [0.29, 0.717) is 0 Å². The molecule has 0 spiro atoms. The molecule has 0 radical (unpaired) electrons. The second-order valence-electron chi connectivity index (χ2n) is 3.81. The van der Waals surface area contributed by atoms with Crippen LogP contribution >= 0.6 is 0 Å². The highest BCUT2D eigenvalue weighted by Gasteiger charge is 2.12. The van der Waals surface area contributed by atoms with Crippen molar-refractivity contribution in [1.82, 2.24) is 10.6 Å². The third-order valence-electron chi connectivity index (χ3n) is 2.28. The molecule has 0 aliphatic rings. The summed E-state index contributed by atoms with van der Waals surface area (Å²) in [5.74, 6) is -1.63. The molecule has 1 atom stereocenters. The Morgan fingerprint density at radius 1 is 1.18 bits per heavy atom. The van der Waals surface area contributed by atoms with Crippen molar-refractivity contribution in [3.8, 4) is 0 Å². The summed E-state index contributed by atoms with van der Waals surface area (Å²) in [6.07, 6.45) is 2.14. The minimum atomic E-state index is -1.06. The van der Waals surface area contributed by atoms with Gasteiger partial charge >= 0.3 is 12.0 Å². The Labute approximate surface area is 101 Å². The van der Waals surface area contributed by atoms with Crippen LogP contribution in [0.1, 0.15) is 46.0 Å². The number of aliphatic carboxylic acids is 1. The van der Waals surface area contributed by atoms with E-state index < -0.39 is 17.9 Å². The summed E-state index contributed by atoms with van der Waals surface area (Å²) in [5.41, 5.74) is 0. The number of hydrogen-bond acceptors (Lipinski definition) is 3. The number of carboxylic acids is 1. The van der Waals surface area contributed by atoms with Gasteiger partial charge in [0.05, 0.1) is 6.42 Å². The van der Waals surface area contributed by atoms with Crippen LogP contribution < -0.4 is 10.6 Å². The molecule has 3 amide bonds. The molecule has 0 bridgehead atoms. The number of hydrogen-bond donors (Lipinski definition) is 3. The number of carbonyl (C=O) groups is 3. The SMILES string of the molecule is CCCC(CC)NC(=O)NC(=O)CCC(=O)O. The minimum absolute atomic E-state index is 0.0484. The summed E-state index contributed by atoms with van der Waals surface area (Å²) < 4.78 is 0. The van der Waals surface area contributed by atoms with Crippen molar-refractivity contribution in [2.75, 3.05) is 0 Å². The fourth-order valence-corrected chi connectivity index (χ4v) is 1.36. The third-order valence-corrected chi connectivity index (χ3v) is 2.28. The fraction of sp³-hybridized carbons (Fsp3) is 0.727. The van der Waals surface area contributed by atoms with E-state index in [9.17, 15) is 14.4 Å². The topological polar surface area (TPSA) is 95.5 Å². The Balaban J connectivity index is 3.91. The average Bonchev–Trinajstić information content (AvgIpc) is 2.25. The molecule has 0 heterocycles. The van der Waals surface area contributed by atoms with Gasteiger partial charge in [0.25, 0.3) is 0 Å². The minimum Gasteiger partial charge on any atom is -0.481 e. The normalized spacial score (nSPS) is 11.6. The molecule has 0 saturated carbocycles. The van der Waals surface area contributed by atoms with Crippen molar-refractivity contribution in [2.45, 2.75) is 52.0 Å². The lowest BCUT2D eigenvalue weighted by molar-refractivity contribution is -0.138. The maximum absolute atomic E-state index is 11.4. The summed E-state index contributed by atoms with van der Waals surface area (Å²) in [6, 6.07) is -0.507. The van der Waals surface area contributed by atoms with E-state index >= 15 is 0 Å². The molecule has 0 rings (SSSR count). The van der Waals surface area contributed by atoms with E-state index in [-0.39, 0.29) is 18.9 Å². The van der Waals surface area contributed by atoms with Crippen LogP contribution in [0.4, 0.5) is 4.79 Å². The van der Waals surface area contributed by atoms with E-state index in [1.165, 1.54) is 0 Å². The Morgan fingerprint density at radius 2 is 1.82 bits per heavy atom. The molecule has 0 aromatic rings. The van der Waals surface area contributed by atoms with Crippen molar-refractivity contribution in [1.29, 1.82) is 0 Å². The molecule has 0 aromatic heterocycles. The number of carboxylic acid groups (broad SMARTS) is 1. The van der Waals surface area contributed by atoms with Crippen LogP contribution in [-0.4, -0.2) is 29.1 Å². The maximum atomic E-state index is 11.4. The molecule has 1 unspecified atom stereocenters. The van der Waals surface area contributed by atoms with Crippen molar-refractivity contribution < 1.29 is 19.5 Å². The summed E-state index contributed by atoms with van der Waals surface area (Å²) >= 11 is 0. The van der Waals surface area contributed by atoms with Gasteiger partial charge in [-0.15, -0.1) is 0 Å². The monoisotopic (exact) mass is 244 g/mol. The highest BCUT2D eigenvalue weighted by Crippen LogP contribution is 2.00. The lowest BCUT2D eigenvalue weighted by Crippen LogP contribution is -2.44. The Kier molecular flexibility index (Phi) is 7.75. The van der Waals surface area contributed by atoms with Crippen LogP contribution in [0.25, 0.3) is 0 Å². The van der Waals surface area contributed by atoms with E-state index in [1.807, 2.05) is 13.8 Å².